The van der Waals surface area contributed by atoms with Crippen LogP contribution in [0.25, 0.3) is 0 Å². The Morgan fingerprint density at radius 3 is 1.53 bits per heavy atom. The molecule has 20 heteroatoms. The molecule has 0 saturated carbocycles. The molecule has 1 N–H and O–H groups in total. The third kappa shape index (κ3) is 12.5. The van der Waals surface area contributed by atoms with Crippen molar-refractivity contribution in [2.75, 3.05) is 12.4 Å². The first-order chi connectivity index (χ1) is 23.7. The summed E-state index contributed by atoms with van der Waals surface area (Å²) in [5.41, 5.74) is 0.431. The zero-order valence-corrected chi connectivity index (χ0v) is 44.9. The van der Waals surface area contributed by atoms with Gasteiger partial charge < -0.3 is 14.2 Å². The average Bonchev–Trinajstić information content (AvgIpc) is 3.01. The van der Waals surface area contributed by atoms with Crippen molar-refractivity contribution < 1.29 is 46.4 Å². The number of hydrogen-bond acceptors (Lipinski definition) is 9. The van der Waals surface area contributed by atoms with Gasteiger partial charge in [0.2, 0.25) is 0 Å². The Morgan fingerprint density at radius 1 is 0.588 bits per heavy atom. The summed E-state index contributed by atoms with van der Waals surface area (Å²) in [4.78, 5) is 54.9. The molecule has 4 aromatic rings. The van der Waals surface area contributed by atoms with Crippen molar-refractivity contribution in [2.24, 2.45) is 0 Å². The molecular formula is C31H15I9O10S. The highest BCUT2D eigenvalue weighted by Gasteiger charge is 2.28. The topological polar surface area (TPSA) is 150 Å². The molecule has 0 aliphatic heterocycles. The normalized spacial score (nSPS) is 11.3. The highest BCUT2D eigenvalue weighted by molar-refractivity contribution is 14.1. The van der Waals surface area contributed by atoms with E-state index in [9.17, 15) is 32.1 Å². The van der Waals surface area contributed by atoms with Crippen molar-refractivity contribution in [1.82, 2.24) is 0 Å². The molecule has 10 nitrogen and oxygen atoms in total. The lowest BCUT2D eigenvalue weighted by atomic mass is 9.97. The van der Waals surface area contributed by atoms with E-state index in [0.29, 0.717) is 16.3 Å². The van der Waals surface area contributed by atoms with E-state index in [0.717, 1.165) is 21.4 Å². The number of hydrogen-bond donors (Lipinski definition) is 1. The summed E-state index contributed by atoms with van der Waals surface area (Å²) in [5, 5.41) is 0. The van der Waals surface area contributed by atoms with Crippen molar-refractivity contribution in [3.05, 3.63) is 108 Å². The zero-order chi connectivity index (χ0) is 37.9. The van der Waals surface area contributed by atoms with Gasteiger partial charge in [-0.15, -0.1) is 0 Å². The number of carbonyl (C=O) groups excluding carboxylic acids is 4. The smallest absolute Gasteiger partial charge is 0.344 e. The number of rotatable bonds is 11. The lowest BCUT2D eigenvalue weighted by Crippen LogP contribution is -2.20. The van der Waals surface area contributed by atoms with Crippen molar-refractivity contribution in [3.8, 4) is 11.5 Å². The molecule has 0 spiro atoms. The van der Waals surface area contributed by atoms with Crippen LogP contribution < -0.4 is 9.47 Å². The van der Waals surface area contributed by atoms with Crippen molar-refractivity contribution in [2.45, 2.75) is 6.42 Å². The van der Waals surface area contributed by atoms with E-state index in [-0.39, 0.29) is 28.0 Å². The molecule has 268 valence electrons. The van der Waals surface area contributed by atoms with Crippen LogP contribution in [-0.2, 0) is 21.3 Å². The predicted molar refractivity (Wildman–Crippen MR) is 265 cm³/mol. The Hall–Kier alpha value is 1.44. The summed E-state index contributed by atoms with van der Waals surface area (Å²) in [6, 6.07) is 13.1. The van der Waals surface area contributed by atoms with Crippen LogP contribution in [0.2, 0.25) is 0 Å². The summed E-state index contributed by atoms with van der Waals surface area (Å²) in [6.45, 7) is -0.737. The second kappa shape index (κ2) is 19.7. The molecule has 0 aliphatic rings. The van der Waals surface area contributed by atoms with Crippen LogP contribution >= 0.6 is 203 Å². The second-order valence-electron chi connectivity index (χ2n) is 10.0. The SMILES string of the molecule is O=C(Cc1cc(OC(=O)c2cc(I)cc(I)c2I)cc(OC(=O)c2cc(I)cc(I)c2I)c1C(=O)OCCS(=O)(=O)O)c1cc(I)cc(I)c1I. The van der Waals surface area contributed by atoms with Gasteiger partial charge in [0.1, 0.15) is 29.4 Å². The van der Waals surface area contributed by atoms with Crippen molar-refractivity contribution in [1.29, 1.82) is 0 Å². The Balaban J connectivity index is 1.92. The number of benzene rings is 4. The average molecular weight is 1720 g/mol. The fourth-order valence-corrected chi connectivity index (χ4v) is 11.7. The van der Waals surface area contributed by atoms with Gasteiger partial charge in [0.25, 0.3) is 10.1 Å². The van der Waals surface area contributed by atoms with Crippen LogP contribution in [0.5, 0.6) is 11.5 Å². The lowest BCUT2D eigenvalue weighted by molar-refractivity contribution is 0.0521. The van der Waals surface area contributed by atoms with Gasteiger partial charge in [0.05, 0.1) is 11.1 Å². The number of carbonyl (C=O) groups is 4. The van der Waals surface area contributed by atoms with Crippen LogP contribution in [0.4, 0.5) is 0 Å². The number of Topliss-reactive ketones (excluding diaryl/α,β-unsaturated/α-hetero) is 1. The summed E-state index contributed by atoms with van der Waals surface area (Å²) in [7, 11) is -4.49. The standard InChI is InChI=1S/C31H15I9O10S/c32-13-5-17(26(38)20(35)8-13)23(41)4-12-3-16(49-29(42)18-6-14(33)9-21(36)27(18)39)11-24(25(12)31(44)48-1-2-51(45,46)47)50-30(43)19-7-15(34)10-22(37)28(19)40/h3,5-11H,1-2,4H2,(H,45,46,47). The molecule has 0 aromatic heterocycles. The number of ketones is 1. The molecule has 4 rings (SSSR count). The van der Waals surface area contributed by atoms with Crippen LogP contribution in [-0.4, -0.2) is 49.0 Å². The lowest BCUT2D eigenvalue weighted by Gasteiger charge is -2.17. The molecule has 0 unspecified atom stereocenters. The van der Waals surface area contributed by atoms with Gasteiger partial charge in [-0.05, 0) is 251 Å². The van der Waals surface area contributed by atoms with Crippen molar-refractivity contribution >= 4 is 237 Å². The van der Waals surface area contributed by atoms with Crippen molar-refractivity contribution in [3.63, 3.8) is 0 Å². The molecule has 0 saturated heterocycles. The molecule has 0 amide bonds. The molecule has 0 atom stereocenters. The predicted octanol–water partition coefficient (Wildman–Crippen LogP) is 10.0. The minimum atomic E-state index is -4.49. The van der Waals surface area contributed by atoms with Crippen LogP contribution in [0.15, 0.2) is 48.5 Å². The number of ether oxygens (including phenoxy) is 3. The summed E-state index contributed by atoms with van der Waals surface area (Å²) in [6.07, 6.45) is -0.428. The largest absolute Gasteiger partial charge is 0.461 e. The van der Waals surface area contributed by atoms with E-state index in [2.05, 4.69) is 158 Å². The Labute approximate surface area is 414 Å². The van der Waals surface area contributed by atoms with E-state index in [1.54, 1.807) is 18.2 Å². The number of esters is 3. The minimum Gasteiger partial charge on any atom is -0.461 e. The first-order valence-electron chi connectivity index (χ1n) is 13.5. The maximum atomic E-state index is 13.9. The molecule has 0 bridgehead atoms. The van der Waals surface area contributed by atoms with E-state index >= 15 is 0 Å². The van der Waals surface area contributed by atoms with Gasteiger partial charge in [-0.3, -0.25) is 9.35 Å². The third-order valence-electron chi connectivity index (χ3n) is 6.42. The molecule has 0 heterocycles. The van der Waals surface area contributed by atoms with Crippen LogP contribution in [0.1, 0.15) is 47.0 Å². The first kappa shape index (κ1) is 45.1. The molecule has 0 aliphatic carbocycles. The van der Waals surface area contributed by atoms with Gasteiger partial charge >= 0.3 is 17.9 Å². The molecule has 0 radical (unpaired) electrons. The molecule has 0 fully saturated rings. The zero-order valence-electron chi connectivity index (χ0n) is 24.7. The maximum absolute atomic E-state index is 13.9. The van der Waals surface area contributed by atoms with E-state index in [4.69, 9.17) is 14.2 Å². The number of halogens is 9. The van der Waals surface area contributed by atoms with E-state index in [1.165, 1.54) is 12.1 Å². The van der Waals surface area contributed by atoms with Gasteiger partial charge in [-0.25, -0.2) is 14.4 Å². The van der Waals surface area contributed by atoms with Gasteiger partial charge in [0.15, 0.2) is 5.78 Å². The summed E-state index contributed by atoms with van der Waals surface area (Å²) >= 11 is 18.6. The Bertz CT molecular complexity index is 2130. The Kier molecular flexibility index (Phi) is 17.5. The van der Waals surface area contributed by atoms with E-state index in [1.807, 2.05) is 63.4 Å². The maximum Gasteiger partial charge on any atom is 0.344 e. The van der Waals surface area contributed by atoms with Crippen LogP contribution in [0, 0.1) is 32.1 Å². The summed E-state index contributed by atoms with van der Waals surface area (Å²) < 4.78 is 55.5. The fourth-order valence-electron chi connectivity index (χ4n) is 4.22. The highest BCUT2D eigenvalue weighted by Crippen LogP contribution is 2.35. The van der Waals surface area contributed by atoms with Gasteiger partial charge in [0, 0.05) is 50.2 Å². The quantitative estimate of drug-likeness (QED) is 0.0384. The molecular weight excluding hydrogens is 1710 g/mol. The van der Waals surface area contributed by atoms with E-state index < -0.39 is 58.3 Å². The minimum absolute atomic E-state index is 0.0199. The summed E-state index contributed by atoms with van der Waals surface area (Å²) in [5.74, 6) is -4.57. The third-order valence-corrected chi connectivity index (χ3v) is 18.1. The first-order valence-corrected chi connectivity index (χ1v) is 24.8. The fraction of sp³-hybridized carbons (Fsp3) is 0.0968. The van der Waals surface area contributed by atoms with Gasteiger partial charge in [-0.2, -0.15) is 8.42 Å². The monoisotopic (exact) mass is 1720 g/mol. The second-order valence-corrected chi connectivity index (χ2v) is 22.0. The highest BCUT2D eigenvalue weighted by atomic mass is 127. The molecule has 51 heavy (non-hydrogen) atoms. The molecule has 4 aromatic carbocycles. The van der Waals surface area contributed by atoms with Gasteiger partial charge in [-0.1, -0.05) is 0 Å². The Morgan fingerprint density at radius 2 is 1.04 bits per heavy atom. The van der Waals surface area contributed by atoms with Crippen LogP contribution in [0.3, 0.4) is 0 Å².